The molecule has 1 atom stereocenters. The molecule has 1 saturated heterocycles. The van der Waals surface area contributed by atoms with E-state index in [1.807, 2.05) is 0 Å². The van der Waals surface area contributed by atoms with Crippen molar-refractivity contribution in [2.75, 3.05) is 19.0 Å². The minimum absolute atomic E-state index is 0.0790. The maximum Gasteiger partial charge on any atom is 0.263 e. The number of ether oxygens (including phenoxy) is 1. The summed E-state index contributed by atoms with van der Waals surface area (Å²) in [6, 6.07) is 0. The van der Waals surface area contributed by atoms with E-state index in [1.54, 1.807) is 15.9 Å². The predicted octanol–water partition coefficient (Wildman–Crippen LogP) is 2.60. The first-order valence-corrected chi connectivity index (χ1v) is 10.5. The van der Waals surface area contributed by atoms with Crippen LogP contribution in [-0.2, 0) is 24.1 Å². The molecule has 1 N–H and O–H groups in total. The Balaban J connectivity index is 1.82. The number of aliphatic hydroxyl groups is 1. The van der Waals surface area contributed by atoms with Gasteiger partial charge in [-0.3, -0.25) is 9.36 Å². The van der Waals surface area contributed by atoms with Crippen LogP contribution in [0.2, 0.25) is 0 Å². The summed E-state index contributed by atoms with van der Waals surface area (Å²) in [5.41, 5.74) is 1.31. The van der Waals surface area contributed by atoms with Crippen molar-refractivity contribution in [3.8, 4) is 0 Å². The fraction of sp³-hybridized carbons (Fsp3) is 0.647. The third-order valence-corrected chi connectivity index (χ3v) is 6.91. The molecule has 0 spiro atoms. The van der Waals surface area contributed by atoms with Gasteiger partial charge in [-0.25, -0.2) is 4.98 Å². The van der Waals surface area contributed by atoms with Crippen molar-refractivity contribution in [3.63, 3.8) is 0 Å². The van der Waals surface area contributed by atoms with Crippen LogP contribution >= 0.6 is 23.1 Å². The van der Waals surface area contributed by atoms with Gasteiger partial charge in [0.25, 0.3) is 5.56 Å². The lowest BCUT2D eigenvalue weighted by Gasteiger charge is -2.16. The SMILES string of the molecule is O=c1c2c3c(sc2nc(SCCO)n1C[C@@H]1CCCO1)CCCC3. The van der Waals surface area contributed by atoms with E-state index in [2.05, 4.69) is 0 Å². The highest BCUT2D eigenvalue weighted by molar-refractivity contribution is 7.99. The molecule has 1 fully saturated rings. The van der Waals surface area contributed by atoms with Crippen LogP contribution in [0.1, 0.15) is 36.1 Å². The summed E-state index contributed by atoms with van der Waals surface area (Å²) in [5.74, 6) is 0.550. The molecule has 1 aliphatic heterocycles. The molecule has 0 radical (unpaired) electrons. The normalized spacial score (nSPS) is 20.6. The van der Waals surface area contributed by atoms with Gasteiger partial charge < -0.3 is 9.84 Å². The minimum atomic E-state index is 0.0790. The first kappa shape index (κ1) is 16.6. The van der Waals surface area contributed by atoms with E-state index in [1.165, 1.54) is 28.6 Å². The number of aryl methyl sites for hydroxylation is 2. The van der Waals surface area contributed by atoms with Crippen molar-refractivity contribution in [3.05, 3.63) is 20.8 Å². The molecule has 0 aromatic carbocycles. The summed E-state index contributed by atoms with van der Waals surface area (Å²) in [7, 11) is 0. The van der Waals surface area contributed by atoms with Crippen molar-refractivity contribution in [2.45, 2.75) is 56.3 Å². The van der Waals surface area contributed by atoms with Crippen molar-refractivity contribution in [1.82, 2.24) is 9.55 Å². The van der Waals surface area contributed by atoms with Gasteiger partial charge in [-0.05, 0) is 44.1 Å². The van der Waals surface area contributed by atoms with Gasteiger partial charge in [0.15, 0.2) is 5.16 Å². The quantitative estimate of drug-likeness (QED) is 0.651. The van der Waals surface area contributed by atoms with E-state index in [4.69, 9.17) is 14.8 Å². The topological polar surface area (TPSA) is 64.3 Å². The monoisotopic (exact) mass is 366 g/mol. The lowest BCUT2D eigenvalue weighted by Crippen LogP contribution is -2.29. The average molecular weight is 367 g/mol. The minimum Gasteiger partial charge on any atom is -0.396 e. The number of aromatic nitrogens is 2. The Hall–Kier alpha value is -0.890. The molecule has 24 heavy (non-hydrogen) atoms. The highest BCUT2D eigenvalue weighted by Gasteiger charge is 2.24. The molecular formula is C17H22N2O3S2. The maximum absolute atomic E-state index is 13.2. The van der Waals surface area contributed by atoms with Crippen LogP contribution in [0.3, 0.4) is 0 Å². The number of thioether (sulfide) groups is 1. The molecule has 130 valence electrons. The molecular weight excluding hydrogens is 344 g/mol. The molecule has 2 aromatic rings. The van der Waals surface area contributed by atoms with Gasteiger partial charge in [0.1, 0.15) is 4.83 Å². The Morgan fingerprint density at radius 1 is 1.33 bits per heavy atom. The smallest absolute Gasteiger partial charge is 0.263 e. The number of fused-ring (bicyclic) bond motifs is 3. The number of nitrogens with zero attached hydrogens (tertiary/aromatic N) is 2. The Morgan fingerprint density at radius 3 is 3.00 bits per heavy atom. The second-order valence-electron chi connectivity index (χ2n) is 6.41. The first-order valence-electron chi connectivity index (χ1n) is 8.68. The van der Waals surface area contributed by atoms with Crippen LogP contribution in [0, 0.1) is 0 Å². The highest BCUT2D eigenvalue weighted by Crippen LogP contribution is 2.34. The number of rotatable bonds is 5. The fourth-order valence-corrected chi connectivity index (χ4v) is 5.67. The number of hydrogen-bond donors (Lipinski definition) is 1. The summed E-state index contributed by atoms with van der Waals surface area (Å²) >= 11 is 3.14. The Bertz CT molecular complexity index is 793. The number of aliphatic hydroxyl groups excluding tert-OH is 1. The zero-order chi connectivity index (χ0) is 16.5. The summed E-state index contributed by atoms with van der Waals surface area (Å²) in [6.07, 6.45) is 6.58. The molecule has 2 aliphatic rings. The second kappa shape index (κ2) is 7.15. The zero-order valence-electron chi connectivity index (χ0n) is 13.6. The van der Waals surface area contributed by atoms with Crippen molar-refractivity contribution in [1.29, 1.82) is 0 Å². The van der Waals surface area contributed by atoms with E-state index in [0.717, 1.165) is 54.1 Å². The van der Waals surface area contributed by atoms with Gasteiger partial charge >= 0.3 is 0 Å². The van der Waals surface area contributed by atoms with Gasteiger partial charge in [0.05, 0.1) is 24.6 Å². The zero-order valence-corrected chi connectivity index (χ0v) is 15.3. The molecule has 0 unspecified atom stereocenters. The molecule has 0 bridgehead atoms. The predicted molar refractivity (Wildman–Crippen MR) is 97.3 cm³/mol. The lowest BCUT2D eigenvalue weighted by atomic mass is 9.97. The number of thiophene rings is 1. The van der Waals surface area contributed by atoms with Crippen molar-refractivity contribution < 1.29 is 9.84 Å². The standard InChI is InChI=1S/C17H22N2O3S2/c20-7-9-23-17-18-15-14(12-5-1-2-6-13(12)24-15)16(21)19(17)10-11-4-3-8-22-11/h11,20H,1-10H2/t11-/m0/s1. The summed E-state index contributed by atoms with van der Waals surface area (Å²) in [4.78, 5) is 20.2. The summed E-state index contributed by atoms with van der Waals surface area (Å²) in [5, 5.41) is 10.7. The molecule has 4 rings (SSSR count). The summed E-state index contributed by atoms with van der Waals surface area (Å²) in [6.45, 7) is 1.43. The average Bonchev–Trinajstić information content (AvgIpc) is 3.22. The molecule has 2 aromatic heterocycles. The van der Waals surface area contributed by atoms with Gasteiger partial charge in [-0.15, -0.1) is 11.3 Å². The fourth-order valence-electron chi connectivity index (χ4n) is 3.62. The third-order valence-electron chi connectivity index (χ3n) is 4.77. The Labute approximate surface area is 149 Å². The third kappa shape index (κ3) is 3.03. The van der Waals surface area contributed by atoms with Crippen LogP contribution in [0.25, 0.3) is 10.2 Å². The first-order chi connectivity index (χ1) is 11.8. The molecule has 3 heterocycles. The van der Waals surface area contributed by atoms with Gasteiger partial charge in [0, 0.05) is 17.2 Å². The van der Waals surface area contributed by atoms with E-state index < -0.39 is 0 Å². The molecule has 7 heteroatoms. The van der Waals surface area contributed by atoms with Gasteiger partial charge in [-0.2, -0.15) is 0 Å². The van der Waals surface area contributed by atoms with E-state index >= 15 is 0 Å². The van der Waals surface area contributed by atoms with Crippen molar-refractivity contribution >= 4 is 33.3 Å². The van der Waals surface area contributed by atoms with Crippen LogP contribution < -0.4 is 5.56 Å². The highest BCUT2D eigenvalue weighted by atomic mass is 32.2. The second-order valence-corrected chi connectivity index (χ2v) is 8.55. The maximum atomic E-state index is 13.2. The lowest BCUT2D eigenvalue weighted by molar-refractivity contribution is 0.0937. The van der Waals surface area contributed by atoms with Crippen LogP contribution in [0.15, 0.2) is 9.95 Å². The van der Waals surface area contributed by atoms with E-state index in [-0.39, 0.29) is 18.3 Å². The van der Waals surface area contributed by atoms with E-state index in [9.17, 15) is 4.79 Å². The Kier molecular flexibility index (Phi) is 4.94. The Morgan fingerprint density at radius 2 is 2.21 bits per heavy atom. The molecule has 5 nitrogen and oxygen atoms in total. The van der Waals surface area contributed by atoms with Gasteiger partial charge in [-0.1, -0.05) is 11.8 Å². The summed E-state index contributed by atoms with van der Waals surface area (Å²) < 4.78 is 7.53. The van der Waals surface area contributed by atoms with Gasteiger partial charge in [0.2, 0.25) is 0 Å². The number of hydrogen-bond acceptors (Lipinski definition) is 6. The largest absolute Gasteiger partial charge is 0.396 e. The van der Waals surface area contributed by atoms with Crippen LogP contribution in [0.4, 0.5) is 0 Å². The molecule has 0 saturated carbocycles. The van der Waals surface area contributed by atoms with E-state index in [0.29, 0.717) is 12.3 Å². The van der Waals surface area contributed by atoms with Crippen LogP contribution in [-0.4, -0.2) is 39.7 Å². The van der Waals surface area contributed by atoms with Crippen LogP contribution in [0.5, 0.6) is 0 Å². The molecule has 0 amide bonds. The molecule has 1 aliphatic carbocycles. The van der Waals surface area contributed by atoms with Crippen molar-refractivity contribution in [2.24, 2.45) is 0 Å².